The van der Waals surface area contributed by atoms with Gasteiger partial charge in [-0.3, -0.25) is 4.79 Å². The fourth-order valence-corrected chi connectivity index (χ4v) is 2.88. The molecule has 0 spiro atoms. The zero-order chi connectivity index (χ0) is 21.0. The Hall–Kier alpha value is -3.70. The summed E-state index contributed by atoms with van der Waals surface area (Å²) < 4.78 is 6.87. The van der Waals surface area contributed by atoms with Gasteiger partial charge in [0.25, 0.3) is 5.56 Å². The summed E-state index contributed by atoms with van der Waals surface area (Å²) >= 11 is 3.34. The van der Waals surface area contributed by atoms with Crippen molar-refractivity contribution in [2.24, 2.45) is 0 Å². The highest BCUT2D eigenvalue weighted by atomic mass is 79.9. The Morgan fingerprint density at radius 1 is 1.17 bits per heavy atom. The molecule has 3 rings (SSSR count). The Morgan fingerprint density at radius 2 is 1.83 bits per heavy atom. The second-order valence-electron chi connectivity index (χ2n) is 5.85. The van der Waals surface area contributed by atoms with E-state index in [4.69, 9.17) is 4.74 Å². The van der Waals surface area contributed by atoms with Gasteiger partial charge in [0.05, 0.1) is 12.8 Å². The van der Waals surface area contributed by atoms with Gasteiger partial charge in [0, 0.05) is 10.0 Å². The van der Waals surface area contributed by atoms with Crippen molar-refractivity contribution in [2.45, 2.75) is 0 Å². The van der Waals surface area contributed by atoms with Crippen molar-refractivity contribution < 1.29 is 14.6 Å². The number of carboxylic acid groups (broad SMARTS) is 1. The minimum absolute atomic E-state index is 0.0438. The fraction of sp³-hybridized carbons (Fsp3) is 0.0476. The van der Waals surface area contributed by atoms with E-state index < -0.39 is 17.2 Å². The van der Waals surface area contributed by atoms with Crippen LogP contribution in [0.15, 0.2) is 57.8 Å². The number of aromatic nitrogens is 2. The Balaban J connectivity index is 2.17. The van der Waals surface area contributed by atoms with Crippen LogP contribution in [0.3, 0.4) is 0 Å². The summed E-state index contributed by atoms with van der Waals surface area (Å²) in [6.07, 6.45) is 3.03. The number of carboxylic acids is 1. The maximum absolute atomic E-state index is 12.8. The number of aromatic carboxylic acids is 1. The Labute approximate surface area is 174 Å². The van der Waals surface area contributed by atoms with Crippen molar-refractivity contribution in [3.63, 3.8) is 0 Å². The molecule has 0 saturated carbocycles. The molecule has 1 N–H and O–H groups in total. The molecule has 0 fully saturated rings. The summed E-state index contributed by atoms with van der Waals surface area (Å²) in [6, 6.07) is 15.4. The van der Waals surface area contributed by atoms with E-state index in [9.17, 15) is 20.0 Å². The molecule has 3 aromatic rings. The Morgan fingerprint density at radius 3 is 2.38 bits per heavy atom. The minimum atomic E-state index is -1.35. The van der Waals surface area contributed by atoms with Crippen LogP contribution in [0, 0.1) is 11.3 Å². The highest BCUT2D eigenvalue weighted by molar-refractivity contribution is 9.10. The van der Waals surface area contributed by atoms with Gasteiger partial charge in [0.15, 0.2) is 5.69 Å². The SMILES string of the molecule is COc1ccc(-n2nc(C(=O)O)c(/C=C\c3ccc(Br)cc3)c(C#N)c2=O)cc1. The van der Waals surface area contributed by atoms with Crippen LogP contribution in [-0.2, 0) is 0 Å². The zero-order valence-electron chi connectivity index (χ0n) is 15.2. The molecule has 144 valence electrons. The molecule has 1 aromatic heterocycles. The van der Waals surface area contributed by atoms with Gasteiger partial charge in [0.1, 0.15) is 17.4 Å². The van der Waals surface area contributed by atoms with Crippen LogP contribution in [0.5, 0.6) is 5.75 Å². The third-order valence-electron chi connectivity index (χ3n) is 4.07. The predicted octanol–water partition coefficient (Wildman–Crippen LogP) is 3.74. The van der Waals surface area contributed by atoms with Crippen molar-refractivity contribution in [1.29, 1.82) is 5.26 Å². The average Bonchev–Trinajstić information content (AvgIpc) is 2.73. The lowest BCUT2D eigenvalue weighted by atomic mass is 10.1. The second kappa shape index (κ2) is 8.54. The standard InChI is InChI=1S/C21H14BrN3O4/c1-29-16-9-7-15(8-10-16)25-20(26)18(12-23)17(19(24-25)21(27)28)11-4-13-2-5-14(22)6-3-13/h2-11H,1H3,(H,27,28)/b11-4-. The van der Waals surface area contributed by atoms with Crippen LogP contribution in [-0.4, -0.2) is 28.0 Å². The van der Waals surface area contributed by atoms with E-state index in [1.165, 1.54) is 13.2 Å². The highest BCUT2D eigenvalue weighted by Crippen LogP contribution is 2.18. The number of hydrogen-bond donors (Lipinski definition) is 1. The van der Waals surface area contributed by atoms with E-state index in [-0.39, 0.29) is 11.1 Å². The Kier molecular flexibility index (Phi) is 5.90. The number of carbonyl (C=O) groups is 1. The summed E-state index contributed by atoms with van der Waals surface area (Å²) in [4.78, 5) is 24.6. The lowest BCUT2D eigenvalue weighted by molar-refractivity contribution is 0.0688. The molecule has 8 heteroatoms. The number of rotatable bonds is 5. The number of ether oxygens (including phenoxy) is 1. The summed E-state index contributed by atoms with van der Waals surface area (Å²) in [6.45, 7) is 0. The first-order chi connectivity index (χ1) is 13.9. The summed E-state index contributed by atoms with van der Waals surface area (Å²) in [5, 5.41) is 23.2. The van der Waals surface area contributed by atoms with E-state index >= 15 is 0 Å². The number of hydrogen-bond acceptors (Lipinski definition) is 5. The molecule has 0 saturated heterocycles. The van der Waals surface area contributed by atoms with Crippen LogP contribution in [0.4, 0.5) is 0 Å². The third kappa shape index (κ3) is 4.25. The Bertz CT molecular complexity index is 1190. The second-order valence-corrected chi connectivity index (χ2v) is 6.77. The number of nitrogens with zero attached hydrogens (tertiary/aromatic N) is 3. The molecule has 0 unspecified atom stereocenters. The minimum Gasteiger partial charge on any atom is -0.497 e. The van der Waals surface area contributed by atoms with Crippen LogP contribution in [0.25, 0.3) is 17.8 Å². The summed E-state index contributed by atoms with van der Waals surface area (Å²) in [5.74, 6) is -0.783. The van der Waals surface area contributed by atoms with Crippen LogP contribution in [0.2, 0.25) is 0 Å². The summed E-state index contributed by atoms with van der Waals surface area (Å²) in [5.41, 5.74) is -0.367. The molecule has 0 aliphatic rings. The molecular formula is C21H14BrN3O4. The topological polar surface area (TPSA) is 105 Å². The molecular weight excluding hydrogens is 438 g/mol. The van der Waals surface area contributed by atoms with E-state index in [2.05, 4.69) is 21.0 Å². The van der Waals surface area contributed by atoms with E-state index in [1.54, 1.807) is 42.5 Å². The van der Waals surface area contributed by atoms with Crippen molar-refractivity contribution in [3.05, 3.63) is 85.7 Å². The average molecular weight is 452 g/mol. The van der Waals surface area contributed by atoms with Crippen LogP contribution >= 0.6 is 15.9 Å². The van der Waals surface area contributed by atoms with Crippen LogP contribution < -0.4 is 10.3 Å². The number of methoxy groups -OCH3 is 1. The molecule has 0 radical (unpaired) electrons. The molecule has 0 aliphatic carbocycles. The molecule has 2 aromatic carbocycles. The maximum Gasteiger partial charge on any atom is 0.357 e. The van der Waals surface area contributed by atoms with Gasteiger partial charge in [-0.05, 0) is 42.0 Å². The highest BCUT2D eigenvalue weighted by Gasteiger charge is 2.21. The number of halogens is 1. The first kappa shape index (κ1) is 20.0. The first-order valence-corrected chi connectivity index (χ1v) is 9.12. The fourth-order valence-electron chi connectivity index (χ4n) is 2.62. The zero-order valence-corrected chi connectivity index (χ0v) is 16.8. The van der Waals surface area contributed by atoms with Gasteiger partial charge in [-0.25, -0.2) is 4.79 Å². The number of benzene rings is 2. The van der Waals surface area contributed by atoms with Crippen molar-refractivity contribution in [3.8, 4) is 17.5 Å². The normalized spacial score (nSPS) is 10.7. The van der Waals surface area contributed by atoms with E-state index in [0.717, 1.165) is 14.7 Å². The molecule has 0 atom stereocenters. The van der Waals surface area contributed by atoms with Crippen molar-refractivity contribution in [1.82, 2.24) is 9.78 Å². The van der Waals surface area contributed by atoms with Crippen LogP contribution in [0.1, 0.15) is 27.2 Å². The summed E-state index contributed by atoms with van der Waals surface area (Å²) in [7, 11) is 1.50. The molecule has 0 aliphatic heterocycles. The number of nitriles is 1. The van der Waals surface area contributed by atoms with Crippen molar-refractivity contribution in [2.75, 3.05) is 7.11 Å². The predicted molar refractivity (Wildman–Crippen MR) is 111 cm³/mol. The monoisotopic (exact) mass is 451 g/mol. The van der Waals surface area contributed by atoms with Gasteiger partial charge in [-0.15, -0.1) is 0 Å². The van der Waals surface area contributed by atoms with E-state index in [1.807, 2.05) is 18.2 Å². The smallest absolute Gasteiger partial charge is 0.357 e. The van der Waals surface area contributed by atoms with Gasteiger partial charge in [-0.2, -0.15) is 15.0 Å². The lowest BCUT2D eigenvalue weighted by Crippen LogP contribution is -2.28. The quantitative estimate of drug-likeness (QED) is 0.633. The largest absolute Gasteiger partial charge is 0.497 e. The molecule has 1 heterocycles. The molecule has 7 nitrogen and oxygen atoms in total. The third-order valence-corrected chi connectivity index (χ3v) is 4.60. The molecule has 29 heavy (non-hydrogen) atoms. The van der Waals surface area contributed by atoms with E-state index in [0.29, 0.717) is 11.4 Å². The maximum atomic E-state index is 12.8. The van der Waals surface area contributed by atoms with Gasteiger partial charge in [0.2, 0.25) is 0 Å². The molecule has 0 bridgehead atoms. The van der Waals surface area contributed by atoms with Gasteiger partial charge < -0.3 is 9.84 Å². The first-order valence-electron chi connectivity index (χ1n) is 8.33. The van der Waals surface area contributed by atoms with Gasteiger partial charge >= 0.3 is 5.97 Å². The van der Waals surface area contributed by atoms with Gasteiger partial charge in [-0.1, -0.05) is 40.2 Å². The van der Waals surface area contributed by atoms with Crippen molar-refractivity contribution >= 4 is 34.1 Å². The lowest BCUT2D eigenvalue weighted by Gasteiger charge is -2.10. The molecule has 0 amide bonds.